The zero-order chi connectivity index (χ0) is 22.2. The van der Waals surface area contributed by atoms with Crippen molar-refractivity contribution in [3.8, 4) is 5.75 Å². The monoisotopic (exact) mass is 481 g/mol. The van der Waals surface area contributed by atoms with Crippen LogP contribution in [0.3, 0.4) is 0 Å². The molecule has 160 valence electrons. The highest BCUT2D eigenvalue weighted by Gasteiger charge is 2.47. The van der Waals surface area contributed by atoms with E-state index in [9.17, 15) is 15.5 Å². The number of rotatable bonds is 5. The van der Waals surface area contributed by atoms with Crippen LogP contribution in [0.2, 0.25) is 0 Å². The Morgan fingerprint density at radius 1 is 1.10 bits per heavy atom. The van der Waals surface area contributed by atoms with Crippen LogP contribution in [0.4, 0.5) is 11.4 Å². The zero-order valence-electron chi connectivity index (χ0n) is 17.5. The SMILES string of the molecule is CC1(C)c2ccccc2[NH+](Cc2ccccc2)C1C=Cc1cc(Br)cc([NH+]([O-])O)c1O. The van der Waals surface area contributed by atoms with Gasteiger partial charge < -0.3 is 10.3 Å². The number of para-hydroxylation sites is 1. The first-order valence-corrected chi connectivity index (χ1v) is 11.0. The summed E-state index contributed by atoms with van der Waals surface area (Å²) in [7, 11) is 0. The van der Waals surface area contributed by atoms with Gasteiger partial charge >= 0.3 is 0 Å². The zero-order valence-corrected chi connectivity index (χ0v) is 19.1. The summed E-state index contributed by atoms with van der Waals surface area (Å²) < 4.78 is 0.616. The second-order valence-electron chi connectivity index (χ2n) is 8.49. The molecule has 5 nitrogen and oxygen atoms in total. The standard InChI is InChI=1S/C25H25BrN2O3/c1-25(2)20-10-6-7-11-21(20)27(16-17-8-4-3-5-9-17)23(25)13-12-18-14-19(26)15-22(24(18)29)28(30)31/h3-15,23,28-30H,16H2,1-2H3/p+1. The van der Waals surface area contributed by atoms with E-state index in [-0.39, 0.29) is 22.9 Å². The number of halogens is 1. The van der Waals surface area contributed by atoms with Crippen LogP contribution in [-0.2, 0) is 12.0 Å². The van der Waals surface area contributed by atoms with Crippen molar-refractivity contribution in [3.63, 3.8) is 0 Å². The average molecular weight is 482 g/mol. The molecule has 0 amide bonds. The molecule has 1 aliphatic heterocycles. The van der Waals surface area contributed by atoms with E-state index < -0.39 is 5.23 Å². The van der Waals surface area contributed by atoms with Crippen LogP contribution >= 0.6 is 15.9 Å². The number of benzene rings is 3. The molecule has 3 aromatic rings. The predicted molar refractivity (Wildman–Crippen MR) is 125 cm³/mol. The van der Waals surface area contributed by atoms with Crippen LogP contribution in [0.15, 0.2) is 77.3 Å². The molecule has 0 saturated heterocycles. The molecular formula is C25H26BrN2O3+. The number of nitrogens with one attached hydrogen (secondary N) is 2. The molecule has 0 aromatic heterocycles. The summed E-state index contributed by atoms with van der Waals surface area (Å²) in [5.74, 6) is -0.218. The highest BCUT2D eigenvalue weighted by molar-refractivity contribution is 9.10. The number of hydrogen-bond acceptors (Lipinski definition) is 3. The first-order chi connectivity index (χ1) is 14.8. The number of quaternary nitrogens is 2. The minimum absolute atomic E-state index is 0.108. The molecule has 0 spiro atoms. The number of phenols is 1. The molecule has 3 aromatic carbocycles. The Balaban J connectivity index is 1.75. The van der Waals surface area contributed by atoms with Gasteiger partial charge in [-0.3, -0.25) is 4.90 Å². The van der Waals surface area contributed by atoms with Gasteiger partial charge in [-0.05, 0) is 38.1 Å². The third-order valence-corrected chi connectivity index (χ3v) is 6.62. The fraction of sp³-hybridized carbons (Fsp3) is 0.200. The Morgan fingerprint density at radius 3 is 2.48 bits per heavy atom. The van der Waals surface area contributed by atoms with Crippen LogP contribution < -0.4 is 10.1 Å². The van der Waals surface area contributed by atoms with Crippen molar-refractivity contribution in [1.82, 2.24) is 0 Å². The Morgan fingerprint density at radius 2 is 1.77 bits per heavy atom. The van der Waals surface area contributed by atoms with Gasteiger partial charge in [-0.25, -0.2) is 5.21 Å². The molecule has 6 heteroatoms. The molecule has 31 heavy (non-hydrogen) atoms. The highest BCUT2D eigenvalue weighted by atomic mass is 79.9. The van der Waals surface area contributed by atoms with Gasteiger partial charge in [0.25, 0.3) is 0 Å². The maximum Gasteiger partial charge on any atom is 0.207 e. The third kappa shape index (κ3) is 4.18. The highest BCUT2D eigenvalue weighted by Crippen LogP contribution is 2.38. The lowest BCUT2D eigenvalue weighted by molar-refractivity contribution is -0.991. The minimum Gasteiger partial charge on any atom is -0.595 e. The van der Waals surface area contributed by atoms with Crippen molar-refractivity contribution in [2.24, 2.45) is 0 Å². The predicted octanol–water partition coefficient (Wildman–Crippen LogP) is 3.65. The molecule has 3 unspecified atom stereocenters. The van der Waals surface area contributed by atoms with Crippen molar-refractivity contribution in [2.75, 3.05) is 0 Å². The number of fused-ring (bicyclic) bond motifs is 1. The van der Waals surface area contributed by atoms with Crippen LogP contribution in [0, 0.1) is 5.21 Å². The van der Waals surface area contributed by atoms with Crippen LogP contribution in [0.25, 0.3) is 6.08 Å². The molecule has 3 atom stereocenters. The molecule has 0 fully saturated rings. The van der Waals surface area contributed by atoms with E-state index in [2.05, 4.69) is 84.4 Å². The lowest BCUT2D eigenvalue weighted by Gasteiger charge is -2.27. The van der Waals surface area contributed by atoms with Crippen LogP contribution in [-0.4, -0.2) is 16.4 Å². The van der Waals surface area contributed by atoms with Gasteiger partial charge in [-0.2, -0.15) is 5.23 Å². The molecule has 1 aliphatic rings. The van der Waals surface area contributed by atoms with Gasteiger partial charge in [0, 0.05) is 27.2 Å². The first kappa shape index (κ1) is 21.7. The first-order valence-electron chi connectivity index (χ1n) is 10.2. The number of hydrogen-bond donors (Lipinski definition) is 4. The van der Waals surface area contributed by atoms with Gasteiger partial charge in [0.15, 0.2) is 5.75 Å². The minimum atomic E-state index is -1.15. The summed E-state index contributed by atoms with van der Waals surface area (Å²) in [5.41, 5.74) is 4.07. The van der Waals surface area contributed by atoms with E-state index >= 15 is 0 Å². The molecule has 4 N–H and O–H groups in total. The van der Waals surface area contributed by atoms with E-state index in [0.29, 0.717) is 10.0 Å². The Kier molecular flexibility index (Phi) is 6.01. The average Bonchev–Trinajstić information content (AvgIpc) is 2.95. The molecule has 0 bridgehead atoms. The van der Waals surface area contributed by atoms with Crippen molar-refractivity contribution in [3.05, 3.63) is 99.2 Å². The smallest absolute Gasteiger partial charge is 0.207 e. The fourth-order valence-electron chi connectivity index (χ4n) is 4.58. The van der Waals surface area contributed by atoms with Gasteiger partial charge in [-0.15, -0.1) is 0 Å². The van der Waals surface area contributed by atoms with E-state index in [1.807, 2.05) is 12.1 Å². The lowest BCUT2D eigenvalue weighted by atomic mass is 9.80. The number of phenolic OH excluding ortho intramolecular Hbond substituents is 1. The van der Waals surface area contributed by atoms with E-state index in [1.165, 1.54) is 27.8 Å². The summed E-state index contributed by atoms with van der Waals surface area (Å²) in [5, 5.41) is 30.2. The summed E-state index contributed by atoms with van der Waals surface area (Å²) in [6.07, 6.45) is 3.95. The number of aromatic hydroxyl groups is 1. The topological polar surface area (TPSA) is 72.4 Å². The molecule has 0 aliphatic carbocycles. The second kappa shape index (κ2) is 8.57. The van der Waals surface area contributed by atoms with Gasteiger partial charge in [0.05, 0.1) is 5.41 Å². The normalized spacial score (nSPS) is 20.7. The lowest BCUT2D eigenvalue weighted by Crippen LogP contribution is -3.09. The van der Waals surface area contributed by atoms with Crippen molar-refractivity contribution < 1.29 is 20.4 Å². The third-order valence-electron chi connectivity index (χ3n) is 6.16. The Hall–Kier alpha value is -2.48. The van der Waals surface area contributed by atoms with E-state index in [0.717, 1.165) is 6.54 Å². The largest absolute Gasteiger partial charge is 0.595 e. The van der Waals surface area contributed by atoms with E-state index in [4.69, 9.17) is 0 Å². The van der Waals surface area contributed by atoms with Gasteiger partial charge in [0.2, 0.25) is 5.69 Å². The van der Waals surface area contributed by atoms with Crippen molar-refractivity contribution in [1.29, 1.82) is 0 Å². The van der Waals surface area contributed by atoms with Gasteiger partial charge in [-0.1, -0.05) is 64.5 Å². The summed E-state index contributed by atoms with van der Waals surface area (Å²) in [6.45, 7) is 5.31. The van der Waals surface area contributed by atoms with Crippen LogP contribution in [0.1, 0.15) is 30.5 Å². The van der Waals surface area contributed by atoms with Crippen molar-refractivity contribution in [2.45, 2.75) is 31.8 Å². The van der Waals surface area contributed by atoms with E-state index in [1.54, 1.807) is 6.07 Å². The Labute approximate surface area is 190 Å². The van der Waals surface area contributed by atoms with Gasteiger partial charge in [0.1, 0.15) is 18.3 Å². The molecule has 0 saturated carbocycles. The summed E-state index contributed by atoms with van der Waals surface area (Å²) in [4.78, 5) is 1.33. The second-order valence-corrected chi connectivity index (χ2v) is 9.40. The molecule has 0 radical (unpaired) electrons. The quantitative estimate of drug-likeness (QED) is 0.332. The summed E-state index contributed by atoms with van der Waals surface area (Å²) >= 11 is 3.36. The summed E-state index contributed by atoms with van der Waals surface area (Å²) in [6, 6.07) is 22.2. The maximum atomic E-state index is 11.5. The van der Waals surface area contributed by atoms with Crippen LogP contribution in [0.5, 0.6) is 5.75 Å². The Bertz CT molecular complexity index is 1110. The molecule has 1 heterocycles. The molecular weight excluding hydrogens is 456 g/mol. The van der Waals surface area contributed by atoms with Crippen molar-refractivity contribution >= 4 is 33.4 Å². The molecule has 4 rings (SSSR count). The fourth-order valence-corrected chi connectivity index (χ4v) is 5.06. The maximum absolute atomic E-state index is 11.5.